The van der Waals surface area contributed by atoms with Gasteiger partial charge in [0.05, 0.1) is 0 Å². The first-order valence-electron chi connectivity index (χ1n) is 7.69. The highest BCUT2D eigenvalue weighted by atomic mass is 16.6. The number of allylic oxidation sites excluding steroid dienone is 2. The number of nitrogens with one attached hydrogen (secondary N) is 1. The van der Waals surface area contributed by atoms with Crippen molar-refractivity contribution in [2.45, 2.75) is 45.6 Å². The molecule has 23 heavy (non-hydrogen) atoms. The zero-order valence-electron chi connectivity index (χ0n) is 14.7. The number of amides is 1. The summed E-state index contributed by atoms with van der Waals surface area (Å²) in [5.74, 6) is 0. The van der Waals surface area contributed by atoms with E-state index in [4.69, 9.17) is 4.74 Å². The van der Waals surface area contributed by atoms with Crippen molar-refractivity contribution in [3.05, 3.63) is 41.6 Å². The molecule has 1 aliphatic heterocycles. The van der Waals surface area contributed by atoms with Gasteiger partial charge < -0.3 is 9.64 Å². The Bertz CT molecular complexity index is 654. The van der Waals surface area contributed by atoms with Gasteiger partial charge in [-0.25, -0.2) is 10.2 Å². The van der Waals surface area contributed by atoms with E-state index >= 15 is 0 Å². The smallest absolute Gasteiger partial charge is 0.428 e. The third kappa shape index (κ3) is 3.73. The highest BCUT2D eigenvalue weighted by Gasteiger charge is 2.37. The lowest BCUT2D eigenvalue weighted by molar-refractivity contribution is 0.0529. The Balaban J connectivity index is 2.09. The molecular weight excluding hydrogens is 290 g/mol. The molecule has 5 nitrogen and oxygen atoms in total. The topological polar surface area (TPSA) is 53.9 Å². The first-order chi connectivity index (χ1) is 10.6. The minimum atomic E-state index is -0.561. The quantitative estimate of drug-likeness (QED) is 0.667. The fourth-order valence-electron chi connectivity index (χ4n) is 2.80. The Hall–Kier alpha value is -2.30. The van der Waals surface area contributed by atoms with E-state index in [1.165, 1.54) is 11.3 Å². The second-order valence-electron chi connectivity index (χ2n) is 7.14. The highest BCUT2D eigenvalue weighted by molar-refractivity contribution is 5.80. The summed E-state index contributed by atoms with van der Waals surface area (Å²) in [5.41, 5.74) is 5.32. The van der Waals surface area contributed by atoms with Gasteiger partial charge in [0, 0.05) is 30.1 Å². The summed E-state index contributed by atoms with van der Waals surface area (Å²) in [6, 6.07) is 8.33. The number of hydrogen-bond donors (Lipinski definition) is 1. The molecule has 0 saturated carbocycles. The maximum absolute atomic E-state index is 11.5. The average molecular weight is 315 g/mol. The molecule has 1 N–H and O–H groups in total. The Morgan fingerprint density at radius 2 is 1.96 bits per heavy atom. The van der Waals surface area contributed by atoms with Crippen molar-refractivity contribution < 1.29 is 9.53 Å². The van der Waals surface area contributed by atoms with Crippen molar-refractivity contribution >= 4 is 18.0 Å². The van der Waals surface area contributed by atoms with Gasteiger partial charge in [0.15, 0.2) is 0 Å². The lowest BCUT2D eigenvalue weighted by Crippen LogP contribution is -2.29. The molecule has 5 heteroatoms. The van der Waals surface area contributed by atoms with Crippen molar-refractivity contribution in [2.75, 3.05) is 11.9 Å². The molecule has 1 amide bonds. The van der Waals surface area contributed by atoms with Crippen LogP contribution in [0.15, 0.2) is 41.1 Å². The number of carbonyl (C=O) groups is 1. The van der Waals surface area contributed by atoms with Crippen molar-refractivity contribution in [1.29, 1.82) is 0 Å². The molecule has 0 atom stereocenters. The van der Waals surface area contributed by atoms with Gasteiger partial charge in [-0.05, 0) is 38.5 Å². The minimum absolute atomic E-state index is 0.108. The molecule has 1 aromatic rings. The van der Waals surface area contributed by atoms with E-state index in [1.807, 2.05) is 40.0 Å². The van der Waals surface area contributed by atoms with Crippen molar-refractivity contribution in [3.8, 4) is 0 Å². The molecule has 0 fully saturated rings. The number of rotatable bonds is 2. The van der Waals surface area contributed by atoms with Gasteiger partial charge in [-0.1, -0.05) is 32.0 Å². The molecular formula is C18H25N3O2. The van der Waals surface area contributed by atoms with Crippen molar-refractivity contribution in [1.82, 2.24) is 5.43 Å². The summed E-state index contributed by atoms with van der Waals surface area (Å²) < 4.78 is 5.13. The normalized spacial score (nSPS) is 18.3. The third-order valence-corrected chi connectivity index (χ3v) is 3.80. The standard InChI is InChI=1S/C18H25N3O2/c1-17(2,3)23-16(22)20-19-12-11-15-18(4,5)13-9-7-8-10-14(13)21(15)6/h7-12H,1-6H3,(H,20,22). The van der Waals surface area contributed by atoms with Gasteiger partial charge in [0.25, 0.3) is 0 Å². The molecule has 124 valence electrons. The predicted molar refractivity (Wildman–Crippen MR) is 93.8 cm³/mol. The largest absolute Gasteiger partial charge is 0.443 e. The van der Waals surface area contributed by atoms with Crippen LogP contribution < -0.4 is 10.3 Å². The molecule has 0 bridgehead atoms. The van der Waals surface area contributed by atoms with E-state index in [0.29, 0.717) is 0 Å². The van der Waals surface area contributed by atoms with Gasteiger partial charge >= 0.3 is 6.09 Å². The number of likely N-dealkylation sites (N-methyl/N-ethyl adjacent to an activating group) is 1. The van der Waals surface area contributed by atoms with Crippen LogP contribution in [0.4, 0.5) is 10.5 Å². The van der Waals surface area contributed by atoms with Gasteiger partial charge in [-0.15, -0.1) is 0 Å². The van der Waals surface area contributed by atoms with Crippen LogP contribution in [0.1, 0.15) is 40.2 Å². The number of anilines is 1. The highest BCUT2D eigenvalue weighted by Crippen LogP contribution is 2.46. The van der Waals surface area contributed by atoms with E-state index in [9.17, 15) is 4.79 Å². The Kier molecular flexibility index (Phi) is 4.50. The SMILES string of the molecule is CN1C(=CC=NNC(=O)OC(C)(C)C)C(C)(C)c2ccccc21. The van der Waals surface area contributed by atoms with Gasteiger partial charge in [-0.2, -0.15) is 5.10 Å². The monoisotopic (exact) mass is 315 g/mol. The first-order valence-corrected chi connectivity index (χ1v) is 7.69. The number of carbonyl (C=O) groups excluding carboxylic acids is 1. The lowest BCUT2D eigenvalue weighted by atomic mass is 9.84. The van der Waals surface area contributed by atoms with Crippen LogP contribution in [0.25, 0.3) is 0 Å². The third-order valence-electron chi connectivity index (χ3n) is 3.80. The summed E-state index contributed by atoms with van der Waals surface area (Å²) in [6.07, 6.45) is 2.94. The van der Waals surface area contributed by atoms with Gasteiger partial charge in [0.2, 0.25) is 0 Å². The molecule has 0 radical (unpaired) electrons. The number of nitrogens with zero attached hydrogens (tertiary/aromatic N) is 2. The maximum Gasteiger partial charge on any atom is 0.428 e. The second-order valence-corrected chi connectivity index (χ2v) is 7.14. The molecule has 1 aliphatic rings. The number of hydrazone groups is 1. The van der Waals surface area contributed by atoms with E-state index in [1.54, 1.807) is 6.21 Å². The summed E-state index contributed by atoms with van der Waals surface area (Å²) >= 11 is 0. The van der Waals surface area contributed by atoms with E-state index in [0.717, 1.165) is 5.70 Å². The molecule has 0 spiro atoms. The zero-order chi connectivity index (χ0) is 17.3. The summed E-state index contributed by atoms with van der Waals surface area (Å²) in [5, 5.41) is 3.93. The maximum atomic E-state index is 11.5. The molecule has 0 aliphatic carbocycles. The number of ether oxygens (including phenoxy) is 1. The van der Waals surface area contributed by atoms with Crippen LogP contribution in [0.5, 0.6) is 0 Å². The summed E-state index contributed by atoms with van der Waals surface area (Å²) in [4.78, 5) is 13.7. The summed E-state index contributed by atoms with van der Waals surface area (Å²) in [6.45, 7) is 9.79. The van der Waals surface area contributed by atoms with Crippen LogP contribution in [0.3, 0.4) is 0 Å². The zero-order valence-corrected chi connectivity index (χ0v) is 14.7. The fraction of sp³-hybridized carbons (Fsp3) is 0.444. The van der Waals surface area contributed by atoms with Crippen molar-refractivity contribution in [3.63, 3.8) is 0 Å². The molecule has 1 heterocycles. The molecule has 0 unspecified atom stereocenters. The Morgan fingerprint density at radius 1 is 1.30 bits per heavy atom. The fourth-order valence-corrected chi connectivity index (χ4v) is 2.80. The first kappa shape index (κ1) is 17.1. The number of fused-ring (bicyclic) bond motifs is 1. The van der Waals surface area contributed by atoms with E-state index in [2.05, 4.69) is 47.5 Å². The van der Waals surface area contributed by atoms with Crippen LogP contribution in [0, 0.1) is 0 Å². The average Bonchev–Trinajstić information content (AvgIpc) is 2.62. The lowest BCUT2D eigenvalue weighted by Gasteiger charge is -2.23. The van der Waals surface area contributed by atoms with Gasteiger partial charge in [0.1, 0.15) is 5.60 Å². The molecule has 2 rings (SSSR count). The van der Waals surface area contributed by atoms with Crippen LogP contribution in [-0.4, -0.2) is 25.0 Å². The minimum Gasteiger partial charge on any atom is -0.443 e. The van der Waals surface area contributed by atoms with E-state index < -0.39 is 11.7 Å². The summed E-state index contributed by atoms with van der Waals surface area (Å²) in [7, 11) is 2.04. The predicted octanol–water partition coefficient (Wildman–Crippen LogP) is 3.81. The number of benzene rings is 1. The van der Waals surface area contributed by atoms with E-state index in [-0.39, 0.29) is 5.41 Å². The van der Waals surface area contributed by atoms with Crippen LogP contribution >= 0.6 is 0 Å². The van der Waals surface area contributed by atoms with Crippen molar-refractivity contribution in [2.24, 2.45) is 5.10 Å². The Morgan fingerprint density at radius 3 is 2.57 bits per heavy atom. The van der Waals surface area contributed by atoms with Crippen LogP contribution in [0.2, 0.25) is 0 Å². The van der Waals surface area contributed by atoms with Gasteiger partial charge in [-0.3, -0.25) is 0 Å². The Labute approximate surface area is 138 Å². The molecule has 1 aromatic carbocycles. The van der Waals surface area contributed by atoms with Crippen LogP contribution in [-0.2, 0) is 10.2 Å². The number of para-hydroxylation sites is 1. The molecule has 0 saturated heterocycles. The number of hydrogen-bond acceptors (Lipinski definition) is 4. The molecule has 0 aromatic heterocycles. The second kappa shape index (κ2) is 6.07.